The van der Waals surface area contributed by atoms with Crippen molar-refractivity contribution >= 4 is 85.6 Å². The molecule has 104 valence electrons. The van der Waals surface area contributed by atoms with Crippen molar-refractivity contribution < 1.29 is 9.53 Å². The molecule has 1 unspecified atom stereocenters. The third-order valence-corrected chi connectivity index (χ3v) is 7.78. The number of rotatable bonds is 3. The number of alkyl halides is 1. The summed E-state index contributed by atoms with van der Waals surface area (Å²) in [6, 6.07) is 1.97. The Morgan fingerprint density at radius 1 is 1.21 bits per heavy atom. The van der Waals surface area contributed by atoms with Gasteiger partial charge in [-0.1, -0.05) is 22.0 Å². The lowest BCUT2D eigenvalue weighted by atomic mass is 10.1. The normalized spacial score (nSPS) is 13.3. The first kappa shape index (κ1) is 17.9. The maximum atomic E-state index is 11.4. The minimum Gasteiger partial charge on any atom is -0.466 e. The summed E-state index contributed by atoms with van der Waals surface area (Å²) in [6.45, 7) is 1.72. The first-order chi connectivity index (χ1) is 8.79. The van der Waals surface area contributed by atoms with Gasteiger partial charge in [0, 0.05) is 23.5 Å². The highest BCUT2D eigenvalue weighted by Crippen LogP contribution is 2.43. The maximum absolute atomic E-state index is 11.4. The van der Waals surface area contributed by atoms with Crippen LogP contribution in [0.25, 0.3) is 0 Å². The second-order valence-corrected chi connectivity index (χ2v) is 7.85. The van der Waals surface area contributed by atoms with Crippen LogP contribution in [0.2, 0.25) is 0 Å². The number of methoxy groups -OCH3 is 1. The van der Waals surface area contributed by atoms with Crippen LogP contribution in [0, 0.1) is 0 Å². The van der Waals surface area contributed by atoms with Gasteiger partial charge in [-0.25, -0.2) is 4.79 Å². The van der Waals surface area contributed by atoms with Gasteiger partial charge in [0.25, 0.3) is 0 Å². The number of carbonyl (C=O) groups excluding carboxylic acids is 1. The minimum absolute atomic E-state index is 0.110. The Labute approximate surface area is 154 Å². The van der Waals surface area contributed by atoms with E-state index in [2.05, 4.69) is 84.4 Å². The van der Waals surface area contributed by atoms with E-state index in [0.29, 0.717) is 5.57 Å². The van der Waals surface area contributed by atoms with Crippen molar-refractivity contribution in [3.05, 3.63) is 41.2 Å². The van der Waals surface area contributed by atoms with E-state index in [4.69, 9.17) is 0 Å². The Kier molecular flexibility index (Phi) is 7.27. The molecule has 0 amide bonds. The fraction of sp³-hybridized carbons (Fsp3) is 0.250. The number of esters is 1. The molecule has 0 N–H and O–H groups in total. The predicted octanol–water partition coefficient (Wildman–Crippen LogP) is 6.29. The van der Waals surface area contributed by atoms with Crippen LogP contribution in [0.4, 0.5) is 0 Å². The van der Waals surface area contributed by atoms with Crippen LogP contribution < -0.4 is 0 Å². The van der Waals surface area contributed by atoms with E-state index < -0.39 is 0 Å². The van der Waals surface area contributed by atoms with Gasteiger partial charge in [-0.15, -0.1) is 0 Å². The van der Waals surface area contributed by atoms with Crippen LogP contribution in [0.1, 0.15) is 17.3 Å². The van der Waals surface area contributed by atoms with Crippen LogP contribution in [-0.2, 0) is 9.53 Å². The SMILES string of the molecule is COC(=O)C(C)=CC(Br)c1cc(Br)c(Br)c(Br)c1Br. The van der Waals surface area contributed by atoms with Gasteiger partial charge in [0.2, 0.25) is 0 Å². The number of hydrogen-bond donors (Lipinski definition) is 0. The number of benzene rings is 1. The molecule has 1 rings (SSSR count). The fourth-order valence-corrected chi connectivity index (χ4v) is 4.69. The number of hydrogen-bond acceptors (Lipinski definition) is 2. The predicted molar refractivity (Wildman–Crippen MR) is 94.7 cm³/mol. The van der Waals surface area contributed by atoms with Gasteiger partial charge in [-0.05, 0) is 82.3 Å². The van der Waals surface area contributed by atoms with Crippen LogP contribution in [0.3, 0.4) is 0 Å². The average molecular weight is 585 g/mol. The Morgan fingerprint density at radius 3 is 2.32 bits per heavy atom. The van der Waals surface area contributed by atoms with Crippen LogP contribution in [-0.4, -0.2) is 13.1 Å². The molecule has 0 aliphatic heterocycles. The monoisotopic (exact) mass is 580 g/mol. The molecule has 0 spiro atoms. The number of halogens is 5. The molecule has 7 heteroatoms. The summed E-state index contributed by atoms with van der Waals surface area (Å²) in [5.41, 5.74) is 1.54. The van der Waals surface area contributed by atoms with Crippen molar-refractivity contribution in [2.45, 2.75) is 11.8 Å². The quantitative estimate of drug-likeness (QED) is 0.137. The smallest absolute Gasteiger partial charge is 0.333 e. The van der Waals surface area contributed by atoms with E-state index in [1.807, 2.05) is 6.07 Å². The zero-order chi connectivity index (χ0) is 14.7. The Hall–Kier alpha value is 0.830. The van der Waals surface area contributed by atoms with Crippen molar-refractivity contribution in [2.75, 3.05) is 7.11 Å². The van der Waals surface area contributed by atoms with Gasteiger partial charge in [0.05, 0.1) is 11.9 Å². The summed E-state index contributed by atoms with van der Waals surface area (Å²) >= 11 is 17.5. The van der Waals surface area contributed by atoms with E-state index >= 15 is 0 Å². The highest BCUT2D eigenvalue weighted by molar-refractivity contribution is 9.15. The van der Waals surface area contributed by atoms with Crippen LogP contribution >= 0.6 is 79.6 Å². The van der Waals surface area contributed by atoms with E-state index in [9.17, 15) is 4.79 Å². The number of carbonyl (C=O) groups is 1. The van der Waals surface area contributed by atoms with Crippen molar-refractivity contribution in [2.24, 2.45) is 0 Å². The van der Waals surface area contributed by atoms with Crippen LogP contribution in [0.15, 0.2) is 35.6 Å². The van der Waals surface area contributed by atoms with Gasteiger partial charge in [0.1, 0.15) is 0 Å². The van der Waals surface area contributed by atoms with Gasteiger partial charge < -0.3 is 4.74 Å². The van der Waals surface area contributed by atoms with E-state index in [1.54, 1.807) is 13.0 Å². The minimum atomic E-state index is -0.337. The Bertz CT molecular complexity index is 539. The molecule has 0 aliphatic rings. The Morgan fingerprint density at radius 2 is 1.79 bits per heavy atom. The second kappa shape index (κ2) is 7.73. The highest BCUT2D eigenvalue weighted by Gasteiger charge is 2.17. The molecule has 1 aromatic rings. The van der Waals surface area contributed by atoms with Crippen molar-refractivity contribution in [1.29, 1.82) is 0 Å². The zero-order valence-corrected chi connectivity index (χ0v) is 17.9. The third-order valence-electron chi connectivity index (χ3n) is 2.33. The molecule has 1 atom stereocenters. The van der Waals surface area contributed by atoms with E-state index in [0.717, 1.165) is 23.5 Å². The lowest BCUT2D eigenvalue weighted by molar-refractivity contribution is -0.136. The molecular weight excluding hydrogens is 576 g/mol. The molecule has 0 fully saturated rings. The summed E-state index contributed by atoms with van der Waals surface area (Å²) < 4.78 is 8.35. The summed E-state index contributed by atoms with van der Waals surface area (Å²) in [5, 5.41) is 0. The van der Waals surface area contributed by atoms with Crippen LogP contribution in [0.5, 0.6) is 0 Å². The molecule has 19 heavy (non-hydrogen) atoms. The molecule has 0 aliphatic carbocycles. The molecule has 2 nitrogen and oxygen atoms in total. The maximum Gasteiger partial charge on any atom is 0.333 e. The molecule has 0 heterocycles. The summed E-state index contributed by atoms with van der Waals surface area (Å²) in [7, 11) is 1.37. The lowest BCUT2D eigenvalue weighted by Crippen LogP contribution is -2.03. The van der Waals surface area contributed by atoms with Crippen molar-refractivity contribution in [3.63, 3.8) is 0 Å². The van der Waals surface area contributed by atoms with Crippen molar-refractivity contribution in [1.82, 2.24) is 0 Å². The zero-order valence-electron chi connectivity index (χ0n) is 9.94. The summed E-state index contributed by atoms with van der Waals surface area (Å²) in [4.78, 5) is 11.3. The lowest BCUT2D eigenvalue weighted by Gasteiger charge is -2.13. The molecule has 0 aromatic heterocycles. The highest BCUT2D eigenvalue weighted by atomic mass is 79.9. The molecular formula is C12H9Br5O2. The standard InChI is InChI=1S/C12H9Br5O2/c1-5(12(18)19-2)3-7(13)6-4-8(14)10(16)11(17)9(6)15/h3-4,7H,1-2H3. The van der Waals surface area contributed by atoms with Gasteiger partial charge in [0.15, 0.2) is 0 Å². The first-order valence-corrected chi connectivity index (χ1v) is 9.12. The van der Waals surface area contributed by atoms with Gasteiger partial charge in [-0.3, -0.25) is 0 Å². The Balaban J connectivity index is 3.21. The van der Waals surface area contributed by atoms with E-state index in [1.165, 1.54) is 7.11 Å². The largest absolute Gasteiger partial charge is 0.466 e. The van der Waals surface area contributed by atoms with Gasteiger partial charge in [-0.2, -0.15) is 0 Å². The molecule has 0 saturated heterocycles. The first-order valence-electron chi connectivity index (χ1n) is 5.03. The number of ether oxygens (including phenoxy) is 1. The fourth-order valence-electron chi connectivity index (χ4n) is 1.33. The molecule has 0 radical (unpaired) electrons. The summed E-state index contributed by atoms with van der Waals surface area (Å²) in [5.74, 6) is -0.337. The number of allylic oxidation sites excluding steroid dienone is 1. The third kappa shape index (κ3) is 4.40. The molecule has 1 aromatic carbocycles. The molecule has 0 bridgehead atoms. The topological polar surface area (TPSA) is 26.3 Å². The van der Waals surface area contributed by atoms with Crippen molar-refractivity contribution in [3.8, 4) is 0 Å². The second-order valence-electron chi connectivity index (χ2n) is 3.63. The van der Waals surface area contributed by atoms with Gasteiger partial charge >= 0.3 is 5.97 Å². The summed E-state index contributed by atoms with van der Waals surface area (Å²) in [6.07, 6.45) is 1.80. The average Bonchev–Trinajstić information content (AvgIpc) is 2.39. The molecule has 0 saturated carbocycles. The van der Waals surface area contributed by atoms with E-state index in [-0.39, 0.29) is 10.8 Å².